The van der Waals surface area contributed by atoms with E-state index < -0.39 is 6.10 Å². The van der Waals surface area contributed by atoms with Crippen molar-refractivity contribution >= 4 is 11.5 Å². The lowest BCUT2D eigenvalue weighted by Crippen LogP contribution is -2.36. The van der Waals surface area contributed by atoms with Crippen molar-refractivity contribution in [3.63, 3.8) is 0 Å². The molecule has 1 spiro atoms. The number of likely N-dealkylation sites (tertiary alicyclic amines) is 1. The number of terminal acetylenes is 1. The minimum absolute atomic E-state index is 0.0384. The third-order valence-corrected chi connectivity index (χ3v) is 5.98. The summed E-state index contributed by atoms with van der Waals surface area (Å²) in [7, 11) is 0. The number of ketones is 1. The van der Waals surface area contributed by atoms with Crippen LogP contribution in [0.5, 0.6) is 0 Å². The zero-order valence-corrected chi connectivity index (χ0v) is 14.1. The number of rotatable bonds is 2. The van der Waals surface area contributed by atoms with E-state index in [-0.39, 0.29) is 5.78 Å². The molecule has 1 aromatic carbocycles. The standard InChI is InChI=1S/C21H23NO2/c1-3-17-19(24)13-16-5-4-15(14(2)23)12-18(16)20(17)22-10-8-21(6-7-21)9-11-22/h1,4-5,12,14,23H,6-11,13H2,2H3. The Hall–Kier alpha value is -2.05. The third kappa shape index (κ3) is 2.46. The molecule has 0 bridgehead atoms. The number of hydrogen-bond acceptors (Lipinski definition) is 3. The number of nitrogens with zero attached hydrogens (tertiary/aromatic N) is 1. The molecule has 0 radical (unpaired) electrons. The summed E-state index contributed by atoms with van der Waals surface area (Å²) in [5.74, 6) is 2.69. The predicted molar refractivity (Wildman–Crippen MR) is 94.0 cm³/mol. The molecule has 1 atom stereocenters. The minimum Gasteiger partial charge on any atom is -0.389 e. The molecule has 1 unspecified atom stereocenters. The van der Waals surface area contributed by atoms with Crippen molar-refractivity contribution in [2.75, 3.05) is 13.1 Å². The van der Waals surface area contributed by atoms with E-state index in [4.69, 9.17) is 6.42 Å². The highest BCUT2D eigenvalue weighted by molar-refractivity contribution is 6.10. The molecule has 0 amide bonds. The predicted octanol–water partition coefficient (Wildman–Crippen LogP) is 3.09. The van der Waals surface area contributed by atoms with Gasteiger partial charge in [0.25, 0.3) is 0 Å². The molecule has 24 heavy (non-hydrogen) atoms. The van der Waals surface area contributed by atoms with Crippen molar-refractivity contribution in [2.24, 2.45) is 5.41 Å². The van der Waals surface area contributed by atoms with E-state index in [9.17, 15) is 9.90 Å². The number of carbonyl (C=O) groups excluding carboxylic acids is 1. The largest absolute Gasteiger partial charge is 0.389 e. The van der Waals surface area contributed by atoms with Gasteiger partial charge in [0, 0.05) is 25.1 Å². The number of hydrogen-bond donors (Lipinski definition) is 1. The van der Waals surface area contributed by atoms with E-state index in [0.717, 1.165) is 35.5 Å². The summed E-state index contributed by atoms with van der Waals surface area (Å²) in [6.45, 7) is 3.69. The number of carbonyl (C=O) groups is 1. The van der Waals surface area contributed by atoms with Crippen LogP contribution in [-0.4, -0.2) is 28.9 Å². The highest BCUT2D eigenvalue weighted by atomic mass is 16.3. The topological polar surface area (TPSA) is 40.5 Å². The molecule has 3 aliphatic rings. The van der Waals surface area contributed by atoms with Crippen LogP contribution >= 0.6 is 0 Å². The molecule has 1 aromatic rings. The summed E-state index contributed by atoms with van der Waals surface area (Å²) in [5, 5.41) is 9.94. The minimum atomic E-state index is -0.528. The van der Waals surface area contributed by atoms with Gasteiger partial charge in [0.1, 0.15) is 0 Å². The Morgan fingerprint density at radius 3 is 2.54 bits per heavy atom. The van der Waals surface area contributed by atoms with Gasteiger partial charge in [-0.2, -0.15) is 0 Å². The van der Waals surface area contributed by atoms with Gasteiger partial charge in [0.2, 0.25) is 0 Å². The fraction of sp³-hybridized carbons (Fsp3) is 0.476. The average molecular weight is 321 g/mol. The van der Waals surface area contributed by atoms with E-state index in [1.165, 1.54) is 25.7 Å². The van der Waals surface area contributed by atoms with Gasteiger partial charge >= 0.3 is 0 Å². The summed E-state index contributed by atoms with van der Waals surface area (Å²) in [6.07, 6.45) is 10.6. The maximum Gasteiger partial charge on any atom is 0.177 e. The van der Waals surface area contributed by atoms with Crippen molar-refractivity contribution in [1.82, 2.24) is 4.90 Å². The zero-order chi connectivity index (χ0) is 16.9. The first-order valence-electron chi connectivity index (χ1n) is 8.83. The van der Waals surface area contributed by atoms with Crippen LogP contribution in [0.1, 0.15) is 55.4 Å². The molecule has 1 saturated carbocycles. The van der Waals surface area contributed by atoms with Crippen molar-refractivity contribution in [3.05, 3.63) is 40.5 Å². The second-order valence-electron chi connectivity index (χ2n) is 7.55. The van der Waals surface area contributed by atoms with Crippen LogP contribution in [0.2, 0.25) is 0 Å². The average Bonchev–Trinajstić information content (AvgIpc) is 3.33. The molecule has 2 aliphatic carbocycles. The summed E-state index contributed by atoms with van der Waals surface area (Å²) >= 11 is 0. The third-order valence-electron chi connectivity index (χ3n) is 5.98. The van der Waals surface area contributed by atoms with Gasteiger partial charge < -0.3 is 10.0 Å². The van der Waals surface area contributed by atoms with Crippen molar-refractivity contribution in [3.8, 4) is 12.3 Å². The first kappa shape index (κ1) is 15.5. The molecule has 2 fully saturated rings. The van der Waals surface area contributed by atoms with Crippen LogP contribution in [0, 0.1) is 17.8 Å². The summed E-state index contributed by atoms with van der Waals surface area (Å²) < 4.78 is 0. The monoisotopic (exact) mass is 321 g/mol. The Bertz CT molecular complexity index is 768. The first-order valence-corrected chi connectivity index (χ1v) is 8.83. The fourth-order valence-electron chi connectivity index (χ4n) is 4.12. The molecule has 4 rings (SSSR count). The normalized spacial score (nSPS) is 23.0. The number of aliphatic hydroxyl groups excluding tert-OH is 1. The van der Waals surface area contributed by atoms with Crippen LogP contribution in [0.15, 0.2) is 23.8 Å². The molecular weight excluding hydrogens is 298 g/mol. The van der Waals surface area contributed by atoms with E-state index in [0.29, 0.717) is 17.4 Å². The molecule has 3 nitrogen and oxygen atoms in total. The lowest BCUT2D eigenvalue weighted by atomic mass is 9.84. The molecular formula is C21H23NO2. The molecule has 1 heterocycles. The Morgan fingerprint density at radius 2 is 1.96 bits per heavy atom. The van der Waals surface area contributed by atoms with Gasteiger partial charge in [0.05, 0.1) is 17.4 Å². The number of allylic oxidation sites excluding steroid dienone is 1. The molecule has 1 saturated heterocycles. The van der Waals surface area contributed by atoms with Crippen molar-refractivity contribution in [1.29, 1.82) is 0 Å². The zero-order valence-electron chi connectivity index (χ0n) is 14.1. The van der Waals surface area contributed by atoms with E-state index >= 15 is 0 Å². The van der Waals surface area contributed by atoms with E-state index in [1.807, 2.05) is 18.2 Å². The number of fused-ring (bicyclic) bond motifs is 1. The lowest BCUT2D eigenvalue weighted by molar-refractivity contribution is -0.114. The lowest BCUT2D eigenvalue weighted by Gasteiger charge is -2.38. The van der Waals surface area contributed by atoms with Gasteiger partial charge in [-0.15, -0.1) is 6.42 Å². The second kappa shape index (κ2) is 5.50. The van der Waals surface area contributed by atoms with Crippen LogP contribution < -0.4 is 0 Å². The smallest absolute Gasteiger partial charge is 0.177 e. The number of piperidine rings is 1. The van der Waals surface area contributed by atoms with Gasteiger partial charge in [-0.1, -0.05) is 18.1 Å². The highest BCUT2D eigenvalue weighted by Crippen LogP contribution is 2.54. The van der Waals surface area contributed by atoms with Crippen LogP contribution in [0.4, 0.5) is 0 Å². The summed E-state index contributed by atoms with van der Waals surface area (Å²) in [5.41, 5.74) is 4.93. The molecule has 3 heteroatoms. The highest BCUT2D eigenvalue weighted by Gasteiger charge is 2.45. The van der Waals surface area contributed by atoms with E-state index in [1.54, 1.807) is 6.92 Å². The Labute approximate surface area is 143 Å². The quantitative estimate of drug-likeness (QED) is 0.851. The maximum absolute atomic E-state index is 12.5. The number of Topliss-reactive ketones (excluding diaryl/α,β-unsaturated/α-hetero) is 1. The second-order valence-corrected chi connectivity index (χ2v) is 7.55. The molecule has 1 aliphatic heterocycles. The molecule has 0 aromatic heterocycles. The Morgan fingerprint density at radius 1 is 1.25 bits per heavy atom. The fourth-order valence-corrected chi connectivity index (χ4v) is 4.12. The van der Waals surface area contributed by atoms with Gasteiger partial charge in [-0.3, -0.25) is 4.79 Å². The van der Waals surface area contributed by atoms with Crippen LogP contribution in [0.3, 0.4) is 0 Å². The van der Waals surface area contributed by atoms with Crippen molar-refractivity contribution < 1.29 is 9.90 Å². The van der Waals surface area contributed by atoms with Crippen LogP contribution in [-0.2, 0) is 11.2 Å². The summed E-state index contributed by atoms with van der Waals surface area (Å²) in [4.78, 5) is 14.8. The van der Waals surface area contributed by atoms with Gasteiger partial charge in [0.15, 0.2) is 5.78 Å². The Kier molecular flexibility index (Phi) is 3.54. The Balaban J connectivity index is 1.78. The van der Waals surface area contributed by atoms with E-state index in [2.05, 4.69) is 10.8 Å². The number of benzene rings is 1. The summed E-state index contributed by atoms with van der Waals surface area (Å²) in [6, 6.07) is 5.89. The molecule has 1 N–H and O–H groups in total. The van der Waals surface area contributed by atoms with Crippen LogP contribution in [0.25, 0.3) is 5.70 Å². The van der Waals surface area contributed by atoms with Crippen molar-refractivity contribution in [2.45, 2.75) is 45.1 Å². The maximum atomic E-state index is 12.5. The van der Waals surface area contributed by atoms with Gasteiger partial charge in [-0.05, 0) is 55.2 Å². The number of aliphatic hydroxyl groups is 1. The SMILES string of the molecule is C#CC1=C(N2CCC3(CC2)CC3)c2cc(C(C)O)ccc2CC1=O. The molecule has 124 valence electrons. The van der Waals surface area contributed by atoms with Gasteiger partial charge in [-0.25, -0.2) is 0 Å². The first-order chi connectivity index (χ1) is 11.5.